The number of hydrogen-bond acceptors (Lipinski definition) is 7. The highest BCUT2D eigenvalue weighted by Crippen LogP contribution is 2.39. The molecule has 9 nitrogen and oxygen atoms in total. The molecular formula is C19H17N3O6. The molecule has 144 valence electrons. The van der Waals surface area contributed by atoms with Crippen LogP contribution in [0.15, 0.2) is 49.1 Å². The van der Waals surface area contributed by atoms with Crippen LogP contribution < -0.4 is 14.2 Å². The van der Waals surface area contributed by atoms with Crippen LogP contribution in [0.25, 0.3) is 5.69 Å². The van der Waals surface area contributed by atoms with E-state index >= 15 is 0 Å². The first-order valence-corrected chi connectivity index (χ1v) is 8.11. The van der Waals surface area contributed by atoms with Crippen LogP contribution in [0.3, 0.4) is 0 Å². The summed E-state index contributed by atoms with van der Waals surface area (Å²) in [7, 11) is 4.29. The fourth-order valence-corrected chi connectivity index (χ4v) is 2.81. The van der Waals surface area contributed by atoms with Gasteiger partial charge in [-0.3, -0.25) is 14.9 Å². The summed E-state index contributed by atoms with van der Waals surface area (Å²) in [4.78, 5) is 28.0. The number of imidazole rings is 1. The fourth-order valence-electron chi connectivity index (χ4n) is 2.81. The summed E-state index contributed by atoms with van der Waals surface area (Å²) in [5.41, 5.74) is 0.368. The zero-order valence-corrected chi connectivity index (χ0v) is 15.4. The molecule has 0 radical (unpaired) electrons. The maximum Gasteiger partial charge on any atom is 0.280 e. The summed E-state index contributed by atoms with van der Waals surface area (Å²) in [6, 6.07) is 7.20. The Hall–Kier alpha value is -3.88. The number of nitro groups is 1. The van der Waals surface area contributed by atoms with E-state index in [-0.39, 0.29) is 28.3 Å². The predicted molar refractivity (Wildman–Crippen MR) is 99.7 cm³/mol. The molecule has 2 aromatic carbocycles. The zero-order chi connectivity index (χ0) is 20.3. The van der Waals surface area contributed by atoms with Crippen molar-refractivity contribution in [3.8, 4) is 22.9 Å². The fraction of sp³-hybridized carbons (Fsp3) is 0.158. The van der Waals surface area contributed by atoms with Gasteiger partial charge in [0.1, 0.15) is 5.56 Å². The Morgan fingerprint density at radius 3 is 2.25 bits per heavy atom. The number of ether oxygens (including phenoxy) is 3. The molecule has 1 aromatic heterocycles. The molecule has 9 heteroatoms. The van der Waals surface area contributed by atoms with Crippen LogP contribution in [-0.4, -0.2) is 41.6 Å². The smallest absolute Gasteiger partial charge is 0.280 e. The number of nitrogens with zero attached hydrogens (tertiary/aromatic N) is 3. The van der Waals surface area contributed by atoms with Gasteiger partial charge in [-0.2, -0.15) is 0 Å². The number of rotatable bonds is 7. The van der Waals surface area contributed by atoms with E-state index in [1.54, 1.807) is 23.0 Å². The van der Waals surface area contributed by atoms with Crippen LogP contribution in [0, 0.1) is 10.1 Å². The Balaban J connectivity index is 2.16. The summed E-state index contributed by atoms with van der Waals surface area (Å²) < 4.78 is 17.4. The maximum atomic E-state index is 13.1. The lowest BCUT2D eigenvalue weighted by Crippen LogP contribution is -2.08. The van der Waals surface area contributed by atoms with Crippen LogP contribution in [0.4, 0.5) is 5.69 Å². The van der Waals surface area contributed by atoms with E-state index in [9.17, 15) is 14.9 Å². The minimum atomic E-state index is -0.594. The van der Waals surface area contributed by atoms with Gasteiger partial charge in [0.25, 0.3) is 5.69 Å². The molecule has 0 N–H and O–H groups in total. The second-order valence-electron chi connectivity index (χ2n) is 5.67. The number of benzene rings is 2. The molecule has 0 amide bonds. The van der Waals surface area contributed by atoms with E-state index in [1.807, 2.05) is 0 Å². The van der Waals surface area contributed by atoms with Crippen LogP contribution in [0.1, 0.15) is 15.9 Å². The molecule has 0 bridgehead atoms. The Labute approximate surface area is 160 Å². The van der Waals surface area contributed by atoms with Gasteiger partial charge in [-0.25, -0.2) is 4.98 Å². The largest absolute Gasteiger partial charge is 0.493 e. The first-order chi connectivity index (χ1) is 13.5. The minimum absolute atomic E-state index is 0.0644. The van der Waals surface area contributed by atoms with Gasteiger partial charge >= 0.3 is 0 Å². The Morgan fingerprint density at radius 2 is 1.75 bits per heavy atom. The third kappa shape index (κ3) is 3.37. The highest BCUT2D eigenvalue weighted by atomic mass is 16.6. The van der Waals surface area contributed by atoms with Gasteiger partial charge in [0, 0.05) is 29.7 Å². The molecule has 0 saturated heterocycles. The van der Waals surface area contributed by atoms with E-state index in [4.69, 9.17) is 14.2 Å². The number of aromatic nitrogens is 2. The molecule has 0 unspecified atom stereocenters. The van der Waals surface area contributed by atoms with E-state index in [0.717, 1.165) is 0 Å². The first-order valence-electron chi connectivity index (χ1n) is 8.11. The number of methoxy groups -OCH3 is 3. The van der Waals surface area contributed by atoms with Crippen molar-refractivity contribution in [3.63, 3.8) is 0 Å². The maximum absolute atomic E-state index is 13.1. The van der Waals surface area contributed by atoms with E-state index in [1.165, 1.54) is 51.9 Å². The topological polar surface area (TPSA) is 106 Å². The highest BCUT2D eigenvalue weighted by molar-refractivity contribution is 6.12. The van der Waals surface area contributed by atoms with Crippen molar-refractivity contribution >= 4 is 11.5 Å². The molecule has 28 heavy (non-hydrogen) atoms. The van der Waals surface area contributed by atoms with Crippen molar-refractivity contribution in [3.05, 3.63) is 70.3 Å². The zero-order valence-electron chi connectivity index (χ0n) is 15.4. The van der Waals surface area contributed by atoms with E-state index < -0.39 is 10.7 Å². The van der Waals surface area contributed by atoms with Crippen molar-refractivity contribution in [2.45, 2.75) is 0 Å². The molecule has 3 rings (SSSR count). The third-order valence-electron chi connectivity index (χ3n) is 4.15. The first kappa shape index (κ1) is 18.9. The SMILES string of the molecule is COc1cc(C(=O)c2cc(-n3ccnc3)ccc2[N+](=O)[O-])cc(OC)c1OC. The summed E-state index contributed by atoms with van der Waals surface area (Å²) >= 11 is 0. The van der Waals surface area contributed by atoms with E-state index in [2.05, 4.69) is 4.98 Å². The van der Waals surface area contributed by atoms with Crippen LogP contribution in [0.5, 0.6) is 17.2 Å². The highest BCUT2D eigenvalue weighted by Gasteiger charge is 2.25. The Morgan fingerprint density at radius 1 is 1.07 bits per heavy atom. The lowest BCUT2D eigenvalue weighted by atomic mass is 10.00. The normalized spacial score (nSPS) is 10.4. The summed E-state index contributed by atoms with van der Waals surface area (Å²) in [5.74, 6) is 0.327. The molecule has 0 aliphatic heterocycles. The standard InChI is InChI=1S/C19H17N3O6/c1-26-16-8-12(9-17(27-2)19(16)28-3)18(23)14-10-13(21-7-6-20-11-21)4-5-15(14)22(24)25/h4-11H,1-3H3. The van der Waals surface area contributed by atoms with Crippen molar-refractivity contribution in [1.29, 1.82) is 0 Å². The van der Waals surface area contributed by atoms with Gasteiger partial charge in [-0.15, -0.1) is 0 Å². The van der Waals surface area contributed by atoms with Gasteiger partial charge in [0.05, 0.1) is 32.6 Å². The van der Waals surface area contributed by atoms with Gasteiger partial charge in [0.2, 0.25) is 5.75 Å². The summed E-state index contributed by atoms with van der Waals surface area (Å²) in [6.45, 7) is 0. The summed E-state index contributed by atoms with van der Waals surface area (Å²) in [6.07, 6.45) is 4.78. The Kier molecular flexibility index (Phi) is 5.25. The molecular weight excluding hydrogens is 366 g/mol. The third-order valence-corrected chi connectivity index (χ3v) is 4.15. The van der Waals surface area contributed by atoms with Gasteiger partial charge in [-0.1, -0.05) is 0 Å². The second-order valence-corrected chi connectivity index (χ2v) is 5.67. The second kappa shape index (κ2) is 7.78. The van der Waals surface area contributed by atoms with Gasteiger partial charge in [0.15, 0.2) is 17.3 Å². The van der Waals surface area contributed by atoms with Gasteiger partial charge < -0.3 is 18.8 Å². The molecule has 3 aromatic rings. The van der Waals surface area contributed by atoms with Crippen LogP contribution in [-0.2, 0) is 0 Å². The Bertz CT molecular complexity index is 1010. The number of nitro benzene ring substituents is 1. The van der Waals surface area contributed by atoms with Crippen molar-refractivity contribution in [2.24, 2.45) is 0 Å². The molecule has 0 aliphatic rings. The number of carbonyl (C=O) groups is 1. The molecule has 0 saturated carbocycles. The minimum Gasteiger partial charge on any atom is -0.493 e. The number of ketones is 1. The average molecular weight is 383 g/mol. The van der Waals surface area contributed by atoms with Crippen molar-refractivity contribution < 1.29 is 23.9 Å². The number of carbonyl (C=O) groups excluding carboxylic acids is 1. The van der Waals surface area contributed by atoms with E-state index in [0.29, 0.717) is 11.4 Å². The van der Waals surface area contributed by atoms with Crippen molar-refractivity contribution in [2.75, 3.05) is 21.3 Å². The monoisotopic (exact) mass is 383 g/mol. The molecule has 0 atom stereocenters. The molecule has 0 aliphatic carbocycles. The predicted octanol–water partition coefficient (Wildman–Crippen LogP) is 3.04. The van der Waals surface area contributed by atoms with Crippen molar-refractivity contribution in [1.82, 2.24) is 9.55 Å². The average Bonchev–Trinajstić information content (AvgIpc) is 3.26. The van der Waals surface area contributed by atoms with Crippen LogP contribution >= 0.6 is 0 Å². The summed E-state index contributed by atoms with van der Waals surface area (Å²) in [5, 5.41) is 11.5. The molecule has 1 heterocycles. The lowest BCUT2D eigenvalue weighted by molar-refractivity contribution is -0.385. The lowest BCUT2D eigenvalue weighted by Gasteiger charge is -2.14. The molecule has 0 spiro atoms. The quantitative estimate of drug-likeness (QED) is 0.351. The van der Waals surface area contributed by atoms with Crippen LogP contribution in [0.2, 0.25) is 0 Å². The molecule has 0 fully saturated rings. The number of hydrogen-bond donors (Lipinski definition) is 0. The van der Waals surface area contributed by atoms with Gasteiger partial charge in [-0.05, 0) is 24.3 Å².